The predicted octanol–water partition coefficient (Wildman–Crippen LogP) is 2.75. The molecule has 2 rings (SSSR count). The number of halogens is 1. The first-order chi connectivity index (χ1) is 9.16. The molecule has 0 saturated heterocycles. The number of aliphatic hydroxyl groups is 1. The number of hydrogen-bond acceptors (Lipinski definition) is 3. The molecule has 1 aliphatic rings. The average molecular weight is 266 g/mol. The van der Waals surface area contributed by atoms with Crippen LogP contribution in [-0.4, -0.2) is 17.7 Å². The van der Waals surface area contributed by atoms with Gasteiger partial charge in [-0.2, -0.15) is 0 Å². The lowest BCUT2D eigenvalue weighted by molar-refractivity contribution is 0.164. The second-order valence-corrected chi connectivity index (χ2v) is 5.37. The SMILES string of the molecule is Nc1cc(C(O)CCNC2CCCCC2)ccc1F. The summed E-state index contributed by atoms with van der Waals surface area (Å²) in [6.45, 7) is 0.781. The van der Waals surface area contributed by atoms with E-state index in [1.54, 1.807) is 6.07 Å². The molecule has 1 aliphatic carbocycles. The zero-order valence-corrected chi connectivity index (χ0v) is 11.2. The minimum Gasteiger partial charge on any atom is -0.396 e. The first-order valence-electron chi connectivity index (χ1n) is 7.13. The van der Waals surface area contributed by atoms with Gasteiger partial charge in [-0.25, -0.2) is 4.39 Å². The molecule has 0 aliphatic heterocycles. The summed E-state index contributed by atoms with van der Waals surface area (Å²) in [6, 6.07) is 5.01. The first-order valence-corrected chi connectivity index (χ1v) is 7.13. The molecule has 3 nitrogen and oxygen atoms in total. The van der Waals surface area contributed by atoms with Gasteiger partial charge in [-0.05, 0) is 43.5 Å². The van der Waals surface area contributed by atoms with Crippen molar-refractivity contribution < 1.29 is 9.50 Å². The van der Waals surface area contributed by atoms with E-state index in [-0.39, 0.29) is 5.69 Å². The van der Waals surface area contributed by atoms with Crippen LogP contribution >= 0.6 is 0 Å². The maximum atomic E-state index is 13.0. The van der Waals surface area contributed by atoms with Crippen LogP contribution < -0.4 is 11.1 Å². The highest BCUT2D eigenvalue weighted by Crippen LogP contribution is 2.21. The monoisotopic (exact) mass is 266 g/mol. The Balaban J connectivity index is 1.76. The van der Waals surface area contributed by atoms with E-state index >= 15 is 0 Å². The summed E-state index contributed by atoms with van der Waals surface area (Å²) in [7, 11) is 0. The van der Waals surface area contributed by atoms with E-state index in [2.05, 4.69) is 5.32 Å². The molecule has 1 unspecified atom stereocenters. The molecule has 106 valence electrons. The highest BCUT2D eigenvalue weighted by atomic mass is 19.1. The van der Waals surface area contributed by atoms with Crippen molar-refractivity contribution in [3.63, 3.8) is 0 Å². The average Bonchev–Trinajstić information content (AvgIpc) is 2.43. The van der Waals surface area contributed by atoms with Gasteiger partial charge in [0.05, 0.1) is 11.8 Å². The number of rotatable bonds is 5. The van der Waals surface area contributed by atoms with Crippen LogP contribution in [0.1, 0.15) is 50.2 Å². The Bertz CT molecular complexity index is 405. The van der Waals surface area contributed by atoms with Crippen LogP contribution in [0.3, 0.4) is 0 Å². The highest BCUT2D eigenvalue weighted by Gasteiger charge is 2.14. The molecule has 4 N–H and O–H groups in total. The van der Waals surface area contributed by atoms with Crippen LogP contribution in [0.2, 0.25) is 0 Å². The molecular formula is C15H23FN2O. The first kappa shape index (κ1) is 14.3. The fourth-order valence-electron chi connectivity index (χ4n) is 2.67. The lowest BCUT2D eigenvalue weighted by atomic mass is 9.95. The second-order valence-electron chi connectivity index (χ2n) is 5.37. The Labute approximate surface area is 114 Å². The third kappa shape index (κ3) is 4.18. The van der Waals surface area contributed by atoms with Crippen molar-refractivity contribution in [1.29, 1.82) is 0 Å². The van der Waals surface area contributed by atoms with E-state index in [0.717, 1.165) is 6.54 Å². The molecular weight excluding hydrogens is 243 g/mol. The van der Waals surface area contributed by atoms with Crippen molar-refractivity contribution in [2.75, 3.05) is 12.3 Å². The van der Waals surface area contributed by atoms with Crippen molar-refractivity contribution in [2.45, 2.75) is 50.7 Å². The summed E-state index contributed by atoms with van der Waals surface area (Å²) in [6.07, 6.45) is 6.46. The summed E-state index contributed by atoms with van der Waals surface area (Å²) in [5.74, 6) is -0.434. The summed E-state index contributed by atoms with van der Waals surface area (Å²) in [5, 5.41) is 13.5. The Kier molecular flexibility index (Phi) is 5.16. The van der Waals surface area contributed by atoms with Gasteiger partial charge >= 0.3 is 0 Å². The van der Waals surface area contributed by atoms with E-state index < -0.39 is 11.9 Å². The van der Waals surface area contributed by atoms with Gasteiger partial charge < -0.3 is 16.2 Å². The van der Waals surface area contributed by atoms with Crippen molar-refractivity contribution in [2.24, 2.45) is 0 Å². The third-order valence-electron chi connectivity index (χ3n) is 3.86. The minimum absolute atomic E-state index is 0.0942. The molecule has 19 heavy (non-hydrogen) atoms. The van der Waals surface area contributed by atoms with E-state index in [4.69, 9.17) is 5.73 Å². The van der Waals surface area contributed by atoms with Crippen molar-refractivity contribution in [1.82, 2.24) is 5.32 Å². The molecule has 1 aromatic rings. The van der Waals surface area contributed by atoms with Gasteiger partial charge in [-0.3, -0.25) is 0 Å². The Morgan fingerprint density at radius 1 is 1.32 bits per heavy atom. The highest BCUT2D eigenvalue weighted by molar-refractivity contribution is 5.43. The van der Waals surface area contributed by atoms with Crippen LogP contribution in [0.25, 0.3) is 0 Å². The van der Waals surface area contributed by atoms with Crippen LogP contribution in [0, 0.1) is 5.82 Å². The van der Waals surface area contributed by atoms with Crippen LogP contribution in [0.15, 0.2) is 18.2 Å². The maximum Gasteiger partial charge on any atom is 0.146 e. The lowest BCUT2D eigenvalue weighted by Crippen LogP contribution is -2.32. The van der Waals surface area contributed by atoms with Crippen LogP contribution in [0.5, 0.6) is 0 Å². The number of nitrogens with two attached hydrogens (primary N) is 1. The number of nitrogen functional groups attached to an aromatic ring is 1. The third-order valence-corrected chi connectivity index (χ3v) is 3.86. The van der Waals surface area contributed by atoms with Gasteiger partial charge in [0, 0.05) is 6.04 Å². The van der Waals surface area contributed by atoms with Gasteiger partial charge in [0.25, 0.3) is 0 Å². The minimum atomic E-state index is -0.584. The summed E-state index contributed by atoms with van der Waals surface area (Å²) in [5.41, 5.74) is 6.28. The molecule has 0 spiro atoms. The summed E-state index contributed by atoms with van der Waals surface area (Å²) in [4.78, 5) is 0. The van der Waals surface area contributed by atoms with E-state index in [0.29, 0.717) is 18.0 Å². The molecule has 0 amide bonds. The van der Waals surface area contributed by atoms with Gasteiger partial charge in [-0.15, -0.1) is 0 Å². The van der Waals surface area contributed by atoms with Gasteiger partial charge in [0.15, 0.2) is 0 Å². The van der Waals surface area contributed by atoms with Crippen LogP contribution in [0.4, 0.5) is 10.1 Å². The molecule has 0 aromatic heterocycles. The predicted molar refractivity (Wildman–Crippen MR) is 75.3 cm³/mol. The molecule has 1 atom stereocenters. The lowest BCUT2D eigenvalue weighted by Gasteiger charge is -2.23. The number of nitrogens with one attached hydrogen (secondary N) is 1. The standard InChI is InChI=1S/C15H23FN2O/c16-13-7-6-11(10-14(13)17)15(19)8-9-18-12-4-2-1-3-5-12/h6-7,10,12,15,18-19H,1-5,8-9,17H2. The molecule has 0 heterocycles. The normalized spacial score (nSPS) is 18.4. The molecule has 0 radical (unpaired) electrons. The summed E-state index contributed by atoms with van der Waals surface area (Å²) < 4.78 is 13.0. The fourth-order valence-corrected chi connectivity index (χ4v) is 2.67. The Hall–Kier alpha value is -1.13. The van der Waals surface area contributed by atoms with E-state index in [1.807, 2.05) is 0 Å². The van der Waals surface area contributed by atoms with E-state index in [9.17, 15) is 9.50 Å². The number of anilines is 1. The molecule has 4 heteroatoms. The van der Waals surface area contributed by atoms with Crippen LogP contribution in [-0.2, 0) is 0 Å². The molecule has 1 aromatic carbocycles. The number of hydrogen-bond donors (Lipinski definition) is 3. The molecule has 1 saturated carbocycles. The van der Waals surface area contributed by atoms with Gasteiger partial charge in [-0.1, -0.05) is 25.3 Å². The Morgan fingerprint density at radius 3 is 2.74 bits per heavy atom. The number of aliphatic hydroxyl groups excluding tert-OH is 1. The molecule has 1 fully saturated rings. The van der Waals surface area contributed by atoms with Crippen molar-refractivity contribution in [3.8, 4) is 0 Å². The second kappa shape index (κ2) is 6.87. The zero-order valence-electron chi connectivity index (χ0n) is 11.2. The van der Waals surface area contributed by atoms with E-state index in [1.165, 1.54) is 44.2 Å². The number of benzene rings is 1. The maximum absolute atomic E-state index is 13.0. The fraction of sp³-hybridized carbons (Fsp3) is 0.600. The topological polar surface area (TPSA) is 58.3 Å². The van der Waals surface area contributed by atoms with Crippen molar-refractivity contribution >= 4 is 5.69 Å². The zero-order chi connectivity index (χ0) is 13.7. The molecule has 0 bridgehead atoms. The smallest absolute Gasteiger partial charge is 0.146 e. The van der Waals surface area contributed by atoms with Crippen molar-refractivity contribution in [3.05, 3.63) is 29.6 Å². The van der Waals surface area contributed by atoms with Gasteiger partial charge in [0.2, 0.25) is 0 Å². The van der Waals surface area contributed by atoms with Gasteiger partial charge in [0.1, 0.15) is 5.82 Å². The summed E-state index contributed by atoms with van der Waals surface area (Å²) >= 11 is 0. The largest absolute Gasteiger partial charge is 0.396 e. The quantitative estimate of drug-likeness (QED) is 0.718. The Morgan fingerprint density at radius 2 is 2.05 bits per heavy atom.